The summed E-state index contributed by atoms with van der Waals surface area (Å²) in [6.45, 7) is 0. The standard InChI is InChI=1S/C22H24N2O3/c1-26-20-11-17-16-5-3-4-6-19(16)24-22(18(17)12-21(20)27-2)15-9-7-14(8-10-15)13-23-25/h7-13,16,19,25H,3-6H2,1-2H3/b23-13+. The molecule has 0 saturated heterocycles. The number of methoxy groups -OCH3 is 2. The predicted octanol–water partition coefficient (Wildman–Crippen LogP) is 4.39. The van der Waals surface area contributed by atoms with E-state index in [0.717, 1.165) is 46.7 Å². The average molecular weight is 364 g/mol. The van der Waals surface area contributed by atoms with Gasteiger partial charge in [-0.25, -0.2) is 0 Å². The second kappa shape index (κ2) is 7.43. The van der Waals surface area contributed by atoms with E-state index >= 15 is 0 Å². The van der Waals surface area contributed by atoms with E-state index in [9.17, 15) is 0 Å². The Balaban J connectivity index is 1.85. The van der Waals surface area contributed by atoms with Crippen molar-refractivity contribution in [2.45, 2.75) is 37.6 Å². The summed E-state index contributed by atoms with van der Waals surface area (Å²) < 4.78 is 11.1. The van der Waals surface area contributed by atoms with Crippen LogP contribution in [0.2, 0.25) is 0 Å². The van der Waals surface area contributed by atoms with Gasteiger partial charge in [0.05, 0.1) is 32.2 Å². The molecule has 1 aliphatic heterocycles. The molecule has 2 atom stereocenters. The number of rotatable bonds is 4. The number of hydrogen-bond acceptors (Lipinski definition) is 5. The lowest BCUT2D eigenvalue weighted by Crippen LogP contribution is -2.29. The Morgan fingerprint density at radius 1 is 1.04 bits per heavy atom. The van der Waals surface area contributed by atoms with Gasteiger partial charge in [0.1, 0.15) is 0 Å². The molecule has 1 saturated carbocycles. The maximum Gasteiger partial charge on any atom is 0.161 e. The lowest BCUT2D eigenvalue weighted by Gasteiger charge is -2.35. The Bertz CT molecular complexity index is 887. The van der Waals surface area contributed by atoms with E-state index in [1.54, 1.807) is 14.2 Å². The lowest BCUT2D eigenvalue weighted by atomic mass is 9.75. The largest absolute Gasteiger partial charge is 0.493 e. The van der Waals surface area contributed by atoms with E-state index < -0.39 is 0 Å². The van der Waals surface area contributed by atoms with Crippen LogP contribution in [0.5, 0.6) is 11.5 Å². The Labute approximate surface area is 159 Å². The van der Waals surface area contributed by atoms with E-state index in [2.05, 4.69) is 17.3 Å². The average Bonchev–Trinajstić information content (AvgIpc) is 2.73. The summed E-state index contributed by atoms with van der Waals surface area (Å²) in [6, 6.07) is 12.4. The zero-order valence-corrected chi connectivity index (χ0v) is 15.7. The van der Waals surface area contributed by atoms with Crippen molar-refractivity contribution in [1.82, 2.24) is 0 Å². The molecule has 0 bridgehead atoms. The minimum absolute atomic E-state index is 0.318. The van der Waals surface area contributed by atoms with Gasteiger partial charge in [0.15, 0.2) is 11.5 Å². The summed E-state index contributed by atoms with van der Waals surface area (Å²) in [5.41, 5.74) is 5.34. The monoisotopic (exact) mass is 364 g/mol. The van der Waals surface area contributed by atoms with E-state index in [1.807, 2.05) is 24.3 Å². The van der Waals surface area contributed by atoms with Crippen molar-refractivity contribution in [1.29, 1.82) is 0 Å². The van der Waals surface area contributed by atoms with Gasteiger partial charge in [-0.05, 0) is 36.1 Å². The summed E-state index contributed by atoms with van der Waals surface area (Å²) in [5, 5.41) is 11.8. The number of hydrogen-bond donors (Lipinski definition) is 1. The van der Waals surface area contributed by atoms with Crippen molar-refractivity contribution in [3.05, 3.63) is 58.7 Å². The normalized spacial score (nSPS) is 21.3. The highest BCUT2D eigenvalue weighted by Crippen LogP contribution is 2.44. The maximum absolute atomic E-state index is 8.72. The van der Waals surface area contributed by atoms with E-state index in [4.69, 9.17) is 19.7 Å². The third-order valence-electron chi connectivity index (χ3n) is 5.63. The smallest absolute Gasteiger partial charge is 0.161 e. The Morgan fingerprint density at radius 3 is 2.44 bits per heavy atom. The van der Waals surface area contributed by atoms with Gasteiger partial charge in [0.25, 0.3) is 0 Å². The number of fused-ring (bicyclic) bond motifs is 3. The summed E-state index contributed by atoms with van der Waals surface area (Å²) >= 11 is 0. The highest BCUT2D eigenvalue weighted by Gasteiger charge is 2.34. The van der Waals surface area contributed by atoms with Gasteiger partial charge in [0.2, 0.25) is 0 Å². The third-order valence-corrected chi connectivity index (χ3v) is 5.63. The second-order valence-corrected chi connectivity index (χ2v) is 7.10. The minimum atomic E-state index is 0.318. The molecule has 0 amide bonds. The van der Waals surface area contributed by atoms with Gasteiger partial charge in [-0.15, -0.1) is 0 Å². The molecule has 27 heavy (non-hydrogen) atoms. The topological polar surface area (TPSA) is 63.4 Å². The second-order valence-electron chi connectivity index (χ2n) is 7.10. The summed E-state index contributed by atoms with van der Waals surface area (Å²) in [6.07, 6.45) is 6.18. The zero-order valence-electron chi connectivity index (χ0n) is 15.7. The van der Waals surface area contributed by atoms with Crippen LogP contribution in [-0.2, 0) is 0 Å². The van der Waals surface area contributed by atoms with Crippen LogP contribution in [0.15, 0.2) is 46.5 Å². The SMILES string of the molecule is COc1cc2c(cc1OC)C1CCCCC1N=C2c1ccc(/C=N/O)cc1. The van der Waals surface area contributed by atoms with Crippen LogP contribution in [0.1, 0.15) is 53.9 Å². The molecule has 4 rings (SSSR count). The number of oxime groups is 1. The van der Waals surface area contributed by atoms with Crippen molar-refractivity contribution in [2.24, 2.45) is 10.1 Å². The van der Waals surface area contributed by atoms with Gasteiger partial charge in [-0.3, -0.25) is 4.99 Å². The molecule has 0 radical (unpaired) electrons. The minimum Gasteiger partial charge on any atom is -0.493 e. The maximum atomic E-state index is 8.72. The lowest BCUT2D eigenvalue weighted by molar-refractivity contribution is 0.322. The van der Waals surface area contributed by atoms with Crippen LogP contribution >= 0.6 is 0 Å². The Morgan fingerprint density at radius 2 is 1.74 bits per heavy atom. The number of nitrogens with zero attached hydrogens (tertiary/aromatic N) is 2. The number of aliphatic imine (C=N–C) groups is 1. The molecule has 0 aromatic heterocycles. The molecule has 1 aliphatic carbocycles. The molecule has 140 valence electrons. The van der Waals surface area contributed by atoms with Crippen molar-refractivity contribution in [3.8, 4) is 11.5 Å². The highest BCUT2D eigenvalue weighted by molar-refractivity contribution is 6.15. The molecule has 1 N–H and O–H groups in total. The first-order valence-electron chi connectivity index (χ1n) is 9.37. The molecule has 5 nitrogen and oxygen atoms in total. The van der Waals surface area contributed by atoms with E-state index in [-0.39, 0.29) is 0 Å². The van der Waals surface area contributed by atoms with Crippen LogP contribution in [0, 0.1) is 0 Å². The van der Waals surface area contributed by atoms with Crippen LogP contribution in [0.25, 0.3) is 0 Å². The van der Waals surface area contributed by atoms with Crippen LogP contribution in [0.3, 0.4) is 0 Å². The first kappa shape index (κ1) is 17.6. The van der Waals surface area contributed by atoms with Crippen molar-refractivity contribution < 1.29 is 14.7 Å². The molecule has 1 heterocycles. The highest BCUT2D eigenvalue weighted by atomic mass is 16.5. The van der Waals surface area contributed by atoms with Gasteiger partial charge in [-0.1, -0.05) is 42.3 Å². The quantitative estimate of drug-likeness (QED) is 0.497. The van der Waals surface area contributed by atoms with Crippen LogP contribution < -0.4 is 9.47 Å². The van der Waals surface area contributed by atoms with Gasteiger partial charge < -0.3 is 14.7 Å². The molecule has 2 aliphatic rings. The molecular weight excluding hydrogens is 340 g/mol. The first-order chi connectivity index (χ1) is 13.2. The third kappa shape index (κ3) is 3.18. The Hall–Kier alpha value is -2.82. The van der Waals surface area contributed by atoms with Gasteiger partial charge in [0, 0.05) is 17.0 Å². The summed E-state index contributed by atoms with van der Waals surface area (Å²) in [7, 11) is 3.35. The fourth-order valence-corrected chi connectivity index (χ4v) is 4.29. The number of benzene rings is 2. The van der Waals surface area contributed by atoms with Crippen molar-refractivity contribution >= 4 is 11.9 Å². The summed E-state index contributed by atoms with van der Waals surface area (Å²) in [4.78, 5) is 5.16. The van der Waals surface area contributed by atoms with Gasteiger partial charge >= 0.3 is 0 Å². The molecule has 2 unspecified atom stereocenters. The van der Waals surface area contributed by atoms with Crippen LogP contribution in [0.4, 0.5) is 0 Å². The number of ether oxygens (including phenoxy) is 2. The Kier molecular flexibility index (Phi) is 4.84. The molecular formula is C22H24N2O3. The predicted molar refractivity (Wildman–Crippen MR) is 106 cm³/mol. The fourth-order valence-electron chi connectivity index (χ4n) is 4.29. The molecule has 2 aromatic carbocycles. The molecule has 1 fully saturated rings. The zero-order chi connectivity index (χ0) is 18.8. The molecule has 5 heteroatoms. The van der Waals surface area contributed by atoms with Crippen molar-refractivity contribution in [3.63, 3.8) is 0 Å². The van der Waals surface area contributed by atoms with E-state index in [1.165, 1.54) is 24.6 Å². The van der Waals surface area contributed by atoms with Crippen molar-refractivity contribution in [2.75, 3.05) is 14.2 Å². The van der Waals surface area contributed by atoms with E-state index in [0.29, 0.717) is 12.0 Å². The summed E-state index contributed by atoms with van der Waals surface area (Å²) in [5.74, 6) is 1.94. The molecule has 0 spiro atoms. The fraction of sp³-hybridized carbons (Fsp3) is 0.364. The van der Waals surface area contributed by atoms with Crippen LogP contribution in [-0.4, -0.2) is 37.4 Å². The molecule has 2 aromatic rings. The first-order valence-corrected chi connectivity index (χ1v) is 9.37. The van der Waals surface area contributed by atoms with Gasteiger partial charge in [-0.2, -0.15) is 0 Å².